The third-order valence-electron chi connectivity index (χ3n) is 4.49. The van der Waals surface area contributed by atoms with E-state index in [1.165, 1.54) is 11.1 Å². The van der Waals surface area contributed by atoms with Crippen LogP contribution in [0.5, 0.6) is 0 Å². The Morgan fingerprint density at radius 1 is 0.655 bits per heavy atom. The van der Waals surface area contributed by atoms with Gasteiger partial charge in [-0.05, 0) is 66.0 Å². The molecule has 1 aromatic carbocycles. The van der Waals surface area contributed by atoms with Crippen molar-refractivity contribution in [2.24, 2.45) is 0 Å². The van der Waals surface area contributed by atoms with E-state index in [-0.39, 0.29) is 0 Å². The Morgan fingerprint density at radius 3 is 1.48 bits per heavy atom. The molecule has 0 fully saturated rings. The van der Waals surface area contributed by atoms with Gasteiger partial charge in [-0.2, -0.15) is 0 Å². The summed E-state index contributed by atoms with van der Waals surface area (Å²) in [6, 6.07) is 7.13. The van der Waals surface area contributed by atoms with Crippen LogP contribution in [-0.2, 0) is 33.0 Å². The molecule has 0 heterocycles. The molecule has 0 amide bonds. The van der Waals surface area contributed by atoms with E-state index in [0.717, 1.165) is 17.7 Å². The Bertz CT molecular complexity index is 550. The van der Waals surface area contributed by atoms with Crippen molar-refractivity contribution in [1.82, 2.24) is 0 Å². The summed E-state index contributed by atoms with van der Waals surface area (Å²) in [4.78, 5) is 0. The molecule has 0 N–H and O–H groups in total. The first-order valence-corrected chi connectivity index (χ1v) is 14.6. The van der Waals surface area contributed by atoms with Gasteiger partial charge in [0.1, 0.15) is 0 Å². The highest BCUT2D eigenvalue weighted by molar-refractivity contribution is 6.75. The van der Waals surface area contributed by atoms with Crippen LogP contribution in [-0.4, -0.2) is 57.3 Å². The summed E-state index contributed by atoms with van der Waals surface area (Å²) in [6.45, 7) is 17.4. The van der Waals surface area contributed by atoms with Crippen LogP contribution < -0.4 is 5.19 Å². The molecule has 0 saturated heterocycles. The van der Waals surface area contributed by atoms with Crippen molar-refractivity contribution >= 4 is 22.8 Å². The maximum atomic E-state index is 6.04. The molecule has 6 nitrogen and oxygen atoms in total. The topological polar surface area (TPSA) is 55.4 Å². The Balaban J connectivity index is 3.08. The van der Waals surface area contributed by atoms with Gasteiger partial charge in [0.25, 0.3) is 0 Å². The highest BCUT2D eigenvalue weighted by Gasteiger charge is 2.44. The predicted octanol–water partition coefficient (Wildman–Crippen LogP) is 3.84. The fourth-order valence-corrected chi connectivity index (χ4v) is 8.55. The zero-order valence-electron chi connectivity index (χ0n) is 19.3. The fourth-order valence-electron chi connectivity index (χ4n) is 3.40. The minimum Gasteiger partial charge on any atom is -0.374 e. The van der Waals surface area contributed by atoms with E-state index in [0.29, 0.717) is 39.6 Å². The van der Waals surface area contributed by atoms with E-state index in [1.807, 2.05) is 41.5 Å². The van der Waals surface area contributed by atoms with Gasteiger partial charge in [-0.3, -0.25) is 0 Å². The lowest BCUT2D eigenvalue weighted by Gasteiger charge is -2.30. The van der Waals surface area contributed by atoms with Crippen molar-refractivity contribution in [2.75, 3.05) is 39.6 Å². The second-order valence-electron chi connectivity index (χ2n) is 6.48. The summed E-state index contributed by atoms with van der Waals surface area (Å²) in [5.41, 5.74) is 2.43. The summed E-state index contributed by atoms with van der Waals surface area (Å²) in [5.74, 6) is 0. The van der Waals surface area contributed by atoms with E-state index < -0.39 is 17.6 Å². The minimum atomic E-state index is -2.89. The summed E-state index contributed by atoms with van der Waals surface area (Å²) >= 11 is 0. The molecule has 0 bridgehead atoms. The first-order chi connectivity index (χ1) is 14.0. The molecule has 0 radical (unpaired) electrons. The zero-order valence-corrected chi connectivity index (χ0v) is 21.3. The molecule has 1 aromatic rings. The summed E-state index contributed by atoms with van der Waals surface area (Å²) in [7, 11) is -5.54. The van der Waals surface area contributed by atoms with Gasteiger partial charge < -0.3 is 26.6 Å². The molecule has 0 aliphatic carbocycles. The second-order valence-corrected chi connectivity index (χ2v) is 11.8. The molecule has 0 atom stereocenters. The van der Waals surface area contributed by atoms with E-state index in [2.05, 4.69) is 25.1 Å². The molecule has 29 heavy (non-hydrogen) atoms. The summed E-state index contributed by atoms with van der Waals surface area (Å²) in [6.07, 6.45) is 0.838. The SMILES string of the molecule is CCO[Si](CCc1ccc([Si](OCC)(OCC)OCC)cc1C)(OCC)OCC. The molecule has 0 aliphatic heterocycles. The summed E-state index contributed by atoms with van der Waals surface area (Å²) < 4.78 is 36.1. The van der Waals surface area contributed by atoms with Crippen LogP contribution >= 0.6 is 0 Å². The van der Waals surface area contributed by atoms with Crippen LogP contribution in [0.3, 0.4) is 0 Å². The lowest BCUT2D eigenvalue weighted by molar-refractivity contribution is 0.0713. The molecule has 0 aliphatic rings. The van der Waals surface area contributed by atoms with Crippen LogP contribution in [0.15, 0.2) is 18.2 Å². The third kappa shape index (κ3) is 7.55. The number of aryl methyl sites for hydroxylation is 2. The molecule has 0 aromatic heterocycles. The van der Waals surface area contributed by atoms with Crippen molar-refractivity contribution in [3.8, 4) is 0 Å². The van der Waals surface area contributed by atoms with Crippen LogP contribution in [0, 0.1) is 6.92 Å². The molecular formula is C21H40O6Si2. The highest BCUT2D eigenvalue weighted by Crippen LogP contribution is 2.21. The highest BCUT2D eigenvalue weighted by atomic mass is 28.4. The van der Waals surface area contributed by atoms with E-state index >= 15 is 0 Å². The molecule has 0 spiro atoms. The van der Waals surface area contributed by atoms with Crippen molar-refractivity contribution < 1.29 is 26.6 Å². The zero-order chi connectivity index (χ0) is 21.8. The fraction of sp³-hybridized carbons (Fsp3) is 0.714. The van der Waals surface area contributed by atoms with Gasteiger partial charge in [0.2, 0.25) is 0 Å². The maximum Gasteiger partial charge on any atom is 0.537 e. The van der Waals surface area contributed by atoms with Gasteiger partial charge in [-0.1, -0.05) is 18.2 Å². The largest absolute Gasteiger partial charge is 0.537 e. The lowest BCUT2D eigenvalue weighted by Crippen LogP contribution is -2.57. The Hall–Kier alpha value is -0.586. The van der Waals surface area contributed by atoms with Crippen LogP contribution in [0.4, 0.5) is 0 Å². The smallest absolute Gasteiger partial charge is 0.374 e. The first-order valence-electron chi connectivity index (χ1n) is 10.9. The molecule has 168 valence electrons. The van der Waals surface area contributed by atoms with Gasteiger partial charge in [0, 0.05) is 50.9 Å². The average molecular weight is 445 g/mol. The standard InChI is InChI=1S/C21H40O6Si2/c1-8-22-28(23-9-2,24-10-3)17-16-20-14-15-21(18-19(20)7)29(25-11-4,26-12-5)27-13-6/h14-15,18H,8-13,16-17H2,1-7H3. The maximum absolute atomic E-state index is 6.04. The monoisotopic (exact) mass is 444 g/mol. The van der Waals surface area contributed by atoms with Gasteiger partial charge >= 0.3 is 17.6 Å². The Labute approximate surface area is 179 Å². The molecular weight excluding hydrogens is 404 g/mol. The van der Waals surface area contributed by atoms with Gasteiger partial charge in [0.05, 0.1) is 0 Å². The third-order valence-corrected chi connectivity index (χ3v) is 10.6. The van der Waals surface area contributed by atoms with Crippen molar-refractivity contribution in [1.29, 1.82) is 0 Å². The molecule has 1 rings (SSSR count). The van der Waals surface area contributed by atoms with Crippen molar-refractivity contribution in [3.05, 3.63) is 29.3 Å². The first kappa shape index (κ1) is 26.4. The number of hydrogen-bond acceptors (Lipinski definition) is 6. The Kier molecular flexibility index (Phi) is 12.5. The van der Waals surface area contributed by atoms with E-state index in [9.17, 15) is 0 Å². The number of hydrogen-bond donors (Lipinski definition) is 0. The molecule has 0 saturated carbocycles. The Morgan fingerprint density at radius 2 is 1.10 bits per heavy atom. The minimum absolute atomic E-state index is 0.554. The van der Waals surface area contributed by atoms with Crippen LogP contribution in [0.2, 0.25) is 6.04 Å². The van der Waals surface area contributed by atoms with Crippen molar-refractivity contribution in [2.45, 2.75) is 60.9 Å². The molecule has 0 unspecified atom stereocenters. The van der Waals surface area contributed by atoms with Crippen molar-refractivity contribution in [3.63, 3.8) is 0 Å². The molecule has 8 heteroatoms. The number of rotatable bonds is 16. The number of benzene rings is 1. The summed E-state index contributed by atoms with van der Waals surface area (Å²) in [5, 5.41) is 1.01. The second kappa shape index (κ2) is 13.7. The van der Waals surface area contributed by atoms with E-state index in [1.54, 1.807) is 0 Å². The van der Waals surface area contributed by atoms with Gasteiger partial charge in [0.15, 0.2) is 0 Å². The predicted molar refractivity (Wildman–Crippen MR) is 121 cm³/mol. The van der Waals surface area contributed by atoms with Gasteiger partial charge in [-0.25, -0.2) is 0 Å². The van der Waals surface area contributed by atoms with Crippen LogP contribution in [0.1, 0.15) is 52.7 Å². The quantitative estimate of drug-likeness (QED) is 0.361. The lowest BCUT2D eigenvalue weighted by atomic mass is 10.1. The van der Waals surface area contributed by atoms with Gasteiger partial charge in [-0.15, -0.1) is 0 Å². The average Bonchev–Trinajstić information content (AvgIpc) is 2.68. The van der Waals surface area contributed by atoms with E-state index in [4.69, 9.17) is 26.6 Å². The van der Waals surface area contributed by atoms with Crippen LogP contribution in [0.25, 0.3) is 0 Å². The normalized spacial score (nSPS) is 12.5.